The lowest BCUT2D eigenvalue weighted by Crippen LogP contribution is -2.46. The number of carbonyl (C=O) groups is 3. The number of nitrogens with zero attached hydrogens (tertiary/aromatic N) is 1. The molecule has 0 unspecified atom stereocenters. The second-order valence-corrected chi connectivity index (χ2v) is 6.46. The van der Waals surface area contributed by atoms with E-state index in [0.717, 1.165) is 12.8 Å². The Kier molecular flexibility index (Phi) is 5.88. The second-order valence-electron chi connectivity index (χ2n) is 5.51. The minimum Gasteiger partial charge on any atom is -0.456 e. The molecule has 0 saturated heterocycles. The second kappa shape index (κ2) is 7.88. The Labute approximate surface area is 138 Å². The van der Waals surface area contributed by atoms with E-state index in [0.29, 0.717) is 17.7 Å². The fourth-order valence-electron chi connectivity index (χ4n) is 2.54. The molecular weight excluding hydrogens is 316 g/mol. The maximum absolute atomic E-state index is 11.8. The average molecular weight is 334 g/mol. The van der Waals surface area contributed by atoms with Gasteiger partial charge in [-0.25, -0.2) is 0 Å². The van der Waals surface area contributed by atoms with Crippen LogP contribution in [0.1, 0.15) is 48.2 Å². The van der Waals surface area contributed by atoms with Crippen LogP contribution in [0.3, 0.4) is 0 Å². The van der Waals surface area contributed by atoms with Crippen molar-refractivity contribution in [1.82, 2.24) is 5.32 Å². The van der Waals surface area contributed by atoms with Crippen LogP contribution < -0.4 is 5.32 Å². The summed E-state index contributed by atoms with van der Waals surface area (Å²) in [6, 6.07) is 5.61. The SMILES string of the molecule is N#CC1(NC(=O)COC(=O)CCC(=O)c2cccs2)CCCC1. The van der Waals surface area contributed by atoms with Crippen LogP contribution in [0.2, 0.25) is 0 Å². The van der Waals surface area contributed by atoms with Crippen LogP contribution in [0.5, 0.6) is 0 Å². The highest BCUT2D eigenvalue weighted by molar-refractivity contribution is 7.12. The number of hydrogen-bond acceptors (Lipinski definition) is 6. The molecule has 23 heavy (non-hydrogen) atoms. The van der Waals surface area contributed by atoms with Crippen LogP contribution >= 0.6 is 11.3 Å². The van der Waals surface area contributed by atoms with Gasteiger partial charge in [-0.15, -0.1) is 11.3 Å². The van der Waals surface area contributed by atoms with E-state index < -0.39 is 24.0 Å². The maximum atomic E-state index is 11.8. The summed E-state index contributed by atoms with van der Waals surface area (Å²) in [5.41, 5.74) is -0.821. The minimum absolute atomic E-state index is 0.0586. The number of carbonyl (C=O) groups excluding carboxylic acids is 3. The fraction of sp³-hybridized carbons (Fsp3) is 0.500. The Balaban J connectivity index is 1.69. The van der Waals surface area contributed by atoms with Gasteiger partial charge in [-0.2, -0.15) is 5.26 Å². The number of rotatable bonds is 7. The Morgan fingerprint density at radius 3 is 2.65 bits per heavy atom. The summed E-state index contributed by atoms with van der Waals surface area (Å²) in [7, 11) is 0. The molecule has 2 rings (SSSR count). The number of nitrogens with one attached hydrogen (secondary N) is 1. The lowest BCUT2D eigenvalue weighted by atomic mass is 10.00. The van der Waals surface area contributed by atoms with Crippen molar-refractivity contribution in [2.45, 2.75) is 44.1 Å². The first-order chi connectivity index (χ1) is 11.0. The van der Waals surface area contributed by atoms with Crippen LogP contribution in [0, 0.1) is 11.3 Å². The summed E-state index contributed by atoms with van der Waals surface area (Å²) >= 11 is 1.32. The van der Waals surface area contributed by atoms with Crippen molar-refractivity contribution in [3.8, 4) is 6.07 Å². The van der Waals surface area contributed by atoms with Gasteiger partial charge >= 0.3 is 5.97 Å². The number of ketones is 1. The van der Waals surface area contributed by atoms with Gasteiger partial charge in [0.2, 0.25) is 0 Å². The highest BCUT2D eigenvalue weighted by atomic mass is 32.1. The molecule has 0 bridgehead atoms. The van der Waals surface area contributed by atoms with Crippen molar-refractivity contribution in [3.63, 3.8) is 0 Å². The molecule has 0 aromatic carbocycles. The zero-order chi connectivity index (χ0) is 16.7. The Bertz CT molecular complexity index is 613. The van der Waals surface area contributed by atoms with Crippen LogP contribution in [0.4, 0.5) is 0 Å². The first-order valence-corrected chi connectivity index (χ1v) is 8.37. The van der Waals surface area contributed by atoms with Crippen LogP contribution in [-0.2, 0) is 14.3 Å². The first-order valence-electron chi connectivity index (χ1n) is 7.49. The standard InChI is InChI=1S/C16H18N2O4S/c17-11-16(7-1-2-8-16)18-14(20)10-22-15(21)6-5-12(19)13-4-3-9-23-13/h3-4,9H,1-2,5-8,10H2,(H,18,20). The molecule has 1 fully saturated rings. The number of ether oxygens (including phenoxy) is 1. The zero-order valence-electron chi connectivity index (χ0n) is 12.7. The van der Waals surface area contributed by atoms with Crippen LogP contribution in [0.15, 0.2) is 17.5 Å². The number of amides is 1. The predicted octanol–water partition coefficient (Wildman–Crippen LogP) is 2.21. The summed E-state index contributed by atoms with van der Waals surface area (Å²) in [5, 5.41) is 13.6. The van der Waals surface area contributed by atoms with Gasteiger partial charge in [-0.05, 0) is 37.1 Å². The molecule has 1 aliphatic carbocycles. The molecule has 1 N–H and O–H groups in total. The lowest BCUT2D eigenvalue weighted by Gasteiger charge is -2.21. The van der Waals surface area contributed by atoms with Crippen molar-refractivity contribution >= 4 is 29.0 Å². The van der Waals surface area contributed by atoms with E-state index in [1.807, 2.05) is 0 Å². The molecule has 1 aromatic heterocycles. The normalized spacial score (nSPS) is 15.6. The van der Waals surface area contributed by atoms with Crippen LogP contribution in [-0.4, -0.2) is 29.8 Å². The molecule has 0 spiro atoms. The van der Waals surface area contributed by atoms with Gasteiger partial charge < -0.3 is 10.1 Å². The average Bonchev–Trinajstić information content (AvgIpc) is 3.22. The maximum Gasteiger partial charge on any atom is 0.306 e. The smallest absolute Gasteiger partial charge is 0.306 e. The fourth-order valence-corrected chi connectivity index (χ4v) is 3.23. The molecular formula is C16H18N2O4S. The van der Waals surface area contributed by atoms with E-state index >= 15 is 0 Å². The van der Waals surface area contributed by atoms with E-state index in [1.165, 1.54) is 11.3 Å². The number of Topliss-reactive ketones (excluding diaryl/α,β-unsaturated/α-hetero) is 1. The van der Waals surface area contributed by atoms with Crippen molar-refractivity contribution in [2.24, 2.45) is 0 Å². The minimum atomic E-state index is -0.821. The first kappa shape index (κ1) is 17.2. The van der Waals surface area contributed by atoms with Crippen molar-refractivity contribution in [2.75, 3.05) is 6.61 Å². The number of nitriles is 1. The molecule has 122 valence electrons. The lowest BCUT2D eigenvalue weighted by molar-refractivity contribution is -0.148. The molecule has 7 heteroatoms. The van der Waals surface area contributed by atoms with Crippen LogP contribution in [0.25, 0.3) is 0 Å². The van der Waals surface area contributed by atoms with E-state index in [9.17, 15) is 14.4 Å². The van der Waals surface area contributed by atoms with Crippen molar-refractivity contribution in [1.29, 1.82) is 5.26 Å². The molecule has 1 aliphatic rings. The van der Waals surface area contributed by atoms with E-state index in [1.54, 1.807) is 17.5 Å². The summed E-state index contributed by atoms with van der Waals surface area (Å²) in [6.45, 7) is -0.421. The Morgan fingerprint density at radius 2 is 2.04 bits per heavy atom. The third kappa shape index (κ3) is 4.89. The van der Waals surface area contributed by atoms with Gasteiger partial charge in [0.15, 0.2) is 12.4 Å². The summed E-state index contributed by atoms with van der Waals surface area (Å²) < 4.78 is 4.86. The molecule has 0 atom stereocenters. The van der Waals surface area contributed by atoms with Gasteiger partial charge in [0.1, 0.15) is 5.54 Å². The van der Waals surface area contributed by atoms with Gasteiger partial charge in [-0.1, -0.05) is 6.07 Å². The summed E-state index contributed by atoms with van der Waals surface area (Å²) in [5.74, 6) is -1.19. The Morgan fingerprint density at radius 1 is 1.30 bits per heavy atom. The molecule has 1 heterocycles. The van der Waals surface area contributed by atoms with Gasteiger partial charge in [0.25, 0.3) is 5.91 Å². The highest BCUT2D eigenvalue weighted by Gasteiger charge is 2.35. The molecule has 6 nitrogen and oxygen atoms in total. The Hall–Kier alpha value is -2.20. The quantitative estimate of drug-likeness (QED) is 0.609. The topological polar surface area (TPSA) is 96.3 Å². The van der Waals surface area contributed by atoms with Gasteiger partial charge in [0, 0.05) is 6.42 Å². The number of thiophene rings is 1. The van der Waals surface area contributed by atoms with Crippen molar-refractivity contribution < 1.29 is 19.1 Å². The number of esters is 1. The van der Waals surface area contributed by atoms with E-state index in [-0.39, 0.29) is 18.6 Å². The predicted molar refractivity (Wildman–Crippen MR) is 83.8 cm³/mol. The van der Waals surface area contributed by atoms with Crippen molar-refractivity contribution in [3.05, 3.63) is 22.4 Å². The third-order valence-corrected chi connectivity index (χ3v) is 4.68. The monoisotopic (exact) mass is 334 g/mol. The zero-order valence-corrected chi connectivity index (χ0v) is 13.5. The molecule has 1 saturated carbocycles. The molecule has 1 aromatic rings. The molecule has 1 amide bonds. The summed E-state index contributed by atoms with van der Waals surface area (Å²) in [6.07, 6.45) is 3.05. The summed E-state index contributed by atoms with van der Waals surface area (Å²) in [4.78, 5) is 35.7. The van der Waals surface area contributed by atoms with Gasteiger partial charge in [0.05, 0.1) is 17.4 Å². The largest absolute Gasteiger partial charge is 0.456 e. The molecule has 0 radical (unpaired) electrons. The van der Waals surface area contributed by atoms with E-state index in [2.05, 4.69) is 11.4 Å². The molecule has 0 aliphatic heterocycles. The van der Waals surface area contributed by atoms with E-state index in [4.69, 9.17) is 10.00 Å². The van der Waals surface area contributed by atoms with Gasteiger partial charge in [-0.3, -0.25) is 14.4 Å². The highest BCUT2D eigenvalue weighted by Crippen LogP contribution is 2.28. The third-order valence-electron chi connectivity index (χ3n) is 3.77. The number of hydrogen-bond donors (Lipinski definition) is 1.